The van der Waals surface area contributed by atoms with E-state index in [4.69, 9.17) is 5.73 Å². The van der Waals surface area contributed by atoms with Crippen LogP contribution in [-0.2, 0) is 0 Å². The molecular weight excluding hydrogens is 216 g/mol. The van der Waals surface area contributed by atoms with Gasteiger partial charge in [0.25, 0.3) is 5.91 Å². The number of amides is 1. The topological polar surface area (TPSA) is 66.6 Å². The van der Waals surface area contributed by atoms with Gasteiger partial charge in [-0.05, 0) is 31.5 Å². The van der Waals surface area contributed by atoms with E-state index in [1.807, 2.05) is 0 Å². The molecule has 0 radical (unpaired) electrons. The van der Waals surface area contributed by atoms with Crippen molar-refractivity contribution >= 4 is 11.6 Å². The van der Waals surface area contributed by atoms with Crippen molar-refractivity contribution in [1.29, 1.82) is 0 Å². The lowest BCUT2D eigenvalue weighted by atomic mass is 10.0. The molecule has 92 valence electrons. The minimum absolute atomic E-state index is 0.000417. The van der Waals surface area contributed by atoms with Crippen LogP contribution in [0, 0.1) is 5.92 Å². The second-order valence-electron chi connectivity index (χ2n) is 4.67. The number of hydrogen-bond acceptors (Lipinski definition) is 3. The molecule has 1 aromatic carbocycles. The Kier molecular flexibility index (Phi) is 3.33. The second kappa shape index (κ2) is 4.75. The highest BCUT2D eigenvalue weighted by Crippen LogP contribution is 2.21. The van der Waals surface area contributed by atoms with Crippen molar-refractivity contribution in [3.8, 4) is 0 Å². The molecule has 0 spiro atoms. The summed E-state index contributed by atoms with van der Waals surface area (Å²) in [5.41, 5.74) is 6.88. The first-order valence-electron chi connectivity index (χ1n) is 5.91. The molecule has 2 atom stereocenters. The summed E-state index contributed by atoms with van der Waals surface area (Å²) < 4.78 is 0. The first-order chi connectivity index (χ1) is 8.08. The van der Waals surface area contributed by atoms with Gasteiger partial charge in [-0.15, -0.1) is 0 Å². The number of carbonyl (C=O) groups is 1. The van der Waals surface area contributed by atoms with Crippen molar-refractivity contribution < 1.29 is 9.90 Å². The molecule has 0 aromatic heterocycles. The van der Waals surface area contributed by atoms with Crippen LogP contribution in [0.15, 0.2) is 24.3 Å². The lowest BCUT2D eigenvalue weighted by molar-refractivity contribution is 0.0762. The van der Waals surface area contributed by atoms with E-state index in [0.717, 1.165) is 6.42 Å². The van der Waals surface area contributed by atoms with E-state index in [1.54, 1.807) is 36.1 Å². The van der Waals surface area contributed by atoms with Crippen LogP contribution in [0.4, 0.5) is 5.69 Å². The molecule has 1 aliphatic rings. The molecule has 3 N–H and O–H groups in total. The van der Waals surface area contributed by atoms with Gasteiger partial charge in [0.1, 0.15) is 0 Å². The van der Waals surface area contributed by atoms with E-state index < -0.39 is 0 Å². The van der Waals surface area contributed by atoms with Crippen LogP contribution >= 0.6 is 0 Å². The second-order valence-corrected chi connectivity index (χ2v) is 4.67. The predicted molar refractivity (Wildman–Crippen MR) is 66.5 cm³/mol. The van der Waals surface area contributed by atoms with E-state index in [-0.39, 0.29) is 17.9 Å². The highest BCUT2D eigenvalue weighted by Gasteiger charge is 2.29. The Morgan fingerprint density at radius 2 is 2.35 bits per heavy atom. The van der Waals surface area contributed by atoms with Crippen LogP contribution < -0.4 is 5.73 Å². The third-order valence-electron chi connectivity index (χ3n) is 3.33. The molecule has 0 saturated carbocycles. The number of aliphatic hydroxyl groups is 1. The molecular formula is C13H18N2O2. The largest absolute Gasteiger partial charge is 0.399 e. The van der Waals surface area contributed by atoms with Gasteiger partial charge in [0, 0.05) is 30.3 Å². The summed E-state index contributed by atoms with van der Waals surface area (Å²) in [7, 11) is 0. The Morgan fingerprint density at radius 1 is 1.59 bits per heavy atom. The molecule has 1 aromatic rings. The number of nitrogens with two attached hydrogens (primary N) is 1. The monoisotopic (exact) mass is 234 g/mol. The highest BCUT2D eigenvalue weighted by molar-refractivity contribution is 5.95. The number of carbonyl (C=O) groups excluding carboxylic acids is 1. The Bertz CT molecular complexity index is 418. The zero-order valence-electron chi connectivity index (χ0n) is 9.97. The van der Waals surface area contributed by atoms with E-state index in [0.29, 0.717) is 24.3 Å². The Balaban J connectivity index is 2.07. The van der Waals surface area contributed by atoms with Crippen molar-refractivity contribution in [2.24, 2.45) is 5.92 Å². The van der Waals surface area contributed by atoms with Gasteiger partial charge in [-0.25, -0.2) is 0 Å². The molecule has 17 heavy (non-hydrogen) atoms. The summed E-state index contributed by atoms with van der Waals surface area (Å²) >= 11 is 0. The third-order valence-corrected chi connectivity index (χ3v) is 3.33. The Labute approximate surface area is 101 Å². The minimum Gasteiger partial charge on any atom is -0.399 e. The van der Waals surface area contributed by atoms with E-state index in [2.05, 4.69) is 0 Å². The average Bonchev–Trinajstić information content (AvgIpc) is 2.77. The fraction of sp³-hybridized carbons (Fsp3) is 0.462. The third kappa shape index (κ3) is 2.58. The molecule has 1 fully saturated rings. The molecule has 2 unspecified atom stereocenters. The quantitative estimate of drug-likeness (QED) is 0.753. The summed E-state index contributed by atoms with van der Waals surface area (Å²) in [5, 5.41) is 9.51. The number of rotatable bonds is 2. The fourth-order valence-electron chi connectivity index (χ4n) is 2.22. The average molecular weight is 234 g/mol. The van der Waals surface area contributed by atoms with Gasteiger partial charge in [0.15, 0.2) is 0 Å². The summed E-state index contributed by atoms with van der Waals surface area (Å²) in [5.74, 6) is 0.195. The van der Waals surface area contributed by atoms with Crippen LogP contribution in [-0.4, -0.2) is 35.1 Å². The maximum Gasteiger partial charge on any atom is 0.253 e. The van der Waals surface area contributed by atoms with Crippen LogP contribution in [0.1, 0.15) is 23.7 Å². The summed E-state index contributed by atoms with van der Waals surface area (Å²) in [6, 6.07) is 7.01. The Hall–Kier alpha value is -1.55. The summed E-state index contributed by atoms with van der Waals surface area (Å²) in [4.78, 5) is 13.9. The first-order valence-corrected chi connectivity index (χ1v) is 5.91. The highest BCUT2D eigenvalue weighted by atomic mass is 16.3. The Morgan fingerprint density at radius 3 is 2.94 bits per heavy atom. The van der Waals surface area contributed by atoms with Crippen LogP contribution in [0.25, 0.3) is 0 Å². The normalized spacial score (nSPS) is 21.5. The number of nitrogen functional groups attached to an aromatic ring is 1. The molecule has 4 heteroatoms. The standard InChI is InChI=1S/C13H18N2O2/c1-9(16)11-5-6-15(8-11)13(17)10-3-2-4-12(14)7-10/h2-4,7,9,11,16H,5-6,8,14H2,1H3. The smallest absolute Gasteiger partial charge is 0.253 e. The molecule has 1 amide bonds. The van der Waals surface area contributed by atoms with Crippen molar-refractivity contribution in [1.82, 2.24) is 4.90 Å². The van der Waals surface area contributed by atoms with Crippen molar-refractivity contribution in [2.75, 3.05) is 18.8 Å². The zero-order chi connectivity index (χ0) is 12.4. The van der Waals surface area contributed by atoms with Gasteiger partial charge in [-0.1, -0.05) is 6.07 Å². The van der Waals surface area contributed by atoms with Crippen LogP contribution in [0.5, 0.6) is 0 Å². The van der Waals surface area contributed by atoms with Gasteiger partial charge >= 0.3 is 0 Å². The van der Waals surface area contributed by atoms with E-state index in [9.17, 15) is 9.90 Å². The number of anilines is 1. The molecule has 1 heterocycles. The van der Waals surface area contributed by atoms with Gasteiger partial charge in [-0.2, -0.15) is 0 Å². The van der Waals surface area contributed by atoms with Crippen LogP contribution in [0.2, 0.25) is 0 Å². The van der Waals surface area contributed by atoms with Crippen molar-refractivity contribution in [2.45, 2.75) is 19.4 Å². The van der Waals surface area contributed by atoms with E-state index >= 15 is 0 Å². The number of nitrogens with zero attached hydrogens (tertiary/aromatic N) is 1. The molecule has 1 saturated heterocycles. The summed E-state index contributed by atoms with van der Waals surface area (Å²) in [6.07, 6.45) is 0.514. The maximum atomic E-state index is 12.2. The van der Waals surface area contributed by atoms with Gasteiger partial charge in [-0.3, -0.25) is 4.79 Å². The number of benzene rings is 1. The van der Waals surface area contributed by atoms with Crippen LogP contribution in [0.3, 0.4) is 0 Å². The van der Waals surface area contributed by atoms with Crippen molar-refractivity contribution in [3.63, 3.8) is 0 Å². The van der Waals surface area contributed by atoms with Crippen molar-refractivity contribution in [3.05, 3.63) is 29.8 Å². The SMILES string of the molecule is CC(O)C1CCN(C(=O)c2cccc(N)c2)C1. The minimum atomic E-state index is -0.353. The molecule has 1 aliphatic heterocycles. The number of likely N-dealkylation sites (tertiary alicyclic amines) is 1. The van der Waals surface area contributed by atoms with Gasteiger partial charge in [0.05, 0.1) is 6.10 Å². The molecule has 0 aliphatic carbocycles. The lowest BCUT2D eigenvalue weighted by Gasteiger charge is -2.17. The van der Waals surface area contributed by atoms with Gasteiger partial charge in [0.2, 0.25) is 0 Å². The fourth-order valence-corrected chi connectivity index (χ4v) is 2.22. The molecule has 0 bridgehead atoms. The zero-order valence-corrected chi connectivity index (χ0v) is 9.97. The number of aliphatic hydroxyl groups excluding tert-OH is 1. The van der Waals surface area contributed by atoms with Gasteiger partial charge < -0.3 is 15.7 Å². The maximum absolute atomic E-state index is 12.2. The first kappa shape index (κ1) is 11.9. The summed E-state index contributed by atoms with van der Waals surface area (Å²) in [6.45, 7) is 3.12. The predicted octanol–water partition coefficient (Wildman–Crippen LogP) is 1.11. The lowest BCUT2D eigenvalue weighted by Crippen LogP contribution is -2.30. The molecule has 4 nitrogen and oxygen atoms in total. The van der Waals surface area contributed by atoms with E-state index in [1.165, 1.54) is 0 Å². The molecule has 2 rings (SSSR count). The number of hydrogen-bond donors (Lipinski definition) is 2.